The summed E-state index contributed by atoms with van der Waals surface area (Å²) in [7, 11) is 0. The van der Waals surface area contributed by atoms with Crippen molar-refractivity contribution in [1.82, 2.24) is 52.8 Å². The van der Waals surface area contributed by atoms with Gasteiger partial charge < -0.3 is 80.6 Å². The van der Waals surface area contributed by atoms with Crippen molar-refractivity contribution in [2.75, 3.05) is 26.2 Å². The Morgan fingerprint density at radius 1 is 0.827 bits per heavy atom. The van der Waals surface area contributed by atoms with Gasteiger partial charge in [0.2, 0.25) is 47.3 Å². The Bertz CT molecular complexity index is 2480. The lowest BCUT2D eigenvalue weighted by Gasteiger charge is -2.31. The number of aromatic nitrogens is 1. The molecule has 0 bridgehead atoms. The number of carbonyl (C=O) groups is 10. The molecule has 1 unspecified atom stereocenters. The number of rotatable bonds is 22. The Labute approximate surface area is 434 Å². The highest BCUT2D eigenvalue weighted by atomic mass is 16.2. The van der Waals surface area contributed by atoms with Gasteiger partial charge in [-0.25, -0.2) is 4.79 Å². The van der Waals surface area contributed by atoms with Crippen LogP contribution in [0.1, 0.15) is 89.2 Å². The SMILES string of the molecule is CCCC[C@H](NC(C)=O)C(=O)N[C@H]1CCC(=O)NCC[C@@H](C(=O)N[C@@](C=O)(CN)Cc2c[nH]c3ccccc23)NC(=O)C(CCCN=C(N)N)NC(=O)[C@@H](Cc2ccccc2)NC(=O)[C@H](CCCNC(N)=O)NC1=O. The number of fused-ring (bicyclic) bond motifs is 1. The van der Waals surface area contributed by atoms with Crippen LogP contribution in [0.15, 0.2) is 65.8 Å². The van der Waals surface area contributed by atoms with Crippen LogP contribution < -0.4 is 70.8 Å². The fraction of sp³-hybridized carbons (Fsp3) is 0.500. The second-order valence-electron chi connectivity index (χ2n) is 18.5. The summed E-state index contributed by atoms with van der Waals surface area (Å²) in [5.41, 5.74) is 22.9. The highest BCUT2D eigenvalue weighted by molar-refractivity contribution is 5.98. The first kappa shape index (κ1) is 59.5. The van der Waals surface area contributed by atoms with Gasteiger partial charge in [0.1, 0.15) is 48.1 Å². The van der Waals surface area contributed by atoms with Crippen molar-refractivity contribution in [2.45, 2.75) is 133 Å². The van der Waals surface area contributed by atoms with Crippen LogP contribution in [0.3, 0.4) is 0 Å². The maximum Gasteiger partial charge on any atom is 0.312 e. The Morgan fingerprint density at radius 3 is 2.15 bits per heavy atom. The van der Waals surface area contributed by atoms with Crippen molar-refractivity contribution < 1.29 is 47.9 Å². The Kier molecular flexibility index (Phi) is 23.9. The van der Waals surface area contributed by atoms with Crippen LogP contribution in [0.2, 0.25) is 0 Å². The fourth-order valence-electron chi connectivity index (χ4n) is 8.40. The maximum absolute atomic E-state index is 14.6. The second-order valence-corrected chi connectivity index (χ2v) is 18.5. The van der Waals surface area contributed by atoms with Gasteiger partial charge in [0.15, 0.2) is 5.96 Å². The van der Waals surface area contributed by atoms with Crippen LogP contribution in [0.25, 0.3) is 10.9 Å². The van der Waals surface area contributed by atoms with E-state index in [2.05, 4.69) is 57.8 Å². The number of aliphatic imine (C=N–C) groups is 1. The quantitative estimate of drug-likeness (QED) is 0.0222. The number of aldehydes is 1. The number of primary amides is 1. The van der Waals surface area contributed by atoms with Crippen molar-refractivity contribution in [3.8, 4) is 0 Å². The molecule has 75 heavy (non-hydrogen) atoms. The molecule has 4 rings (SSSR count). The molecule has 0 saturated carbocycles. The molecule has 25 heteroatoms. The molecule has 1 fully saturated rings. The van der Waals surface area contributed by atoms with Crippen LogP contribution in [0.4, 0.5) is 4.79 Å². The summed E-state index contributed by atoms with van der Waals surface area (Å²) < 4.78 is 0. The van der Waals surface area contributed by atoms with Crippen molar-refractivity contribution in [3.63, 3.8) is 0 Å². The largest absolute Gasteiger partial charge is 0.370 e. The van der Waals surface area contributed by atoms with E-state index in [1.807, 2.05) is 31.2 Å². The number of urea groups is 1. The molecule has 0 radical (unpaired) electrons. The molecule has 25 nitrogen and oxygen atoms in total. The number of carbonyl (C=O) groups excluding carboxylic acids is 10. The zero-order chi connectivity index (χ0) is 54.9. The molecule has 7 atom stereocenters. The number of para-hydroxylation sites is 1. The minimum Gasteiger partial charge on any atom is -0.370 e. The zero-order valence-electron chi connectivity index (χ0n) is 42.5. The lowest BCUT2D eigenvalue weighted by atomic mass is 9.91. The first-order chi connectivity index (χ1) is 35.9. The zero-order valence-corrected chi connectivity index (χ0v) is 42.5. The Morgan fingerprint density at radius 2 is 1.48 bits per heavy atom. The molecule has 1 aromatic heterocycles. The number of hydrogen-bond donors (Lipinski definition) is 14. The molecule has 3 aromatic rings. The number of hydrogen-bond acceptors (Lipinski definition) is 12. The Hall–Kier alpha value is -8.09. The van der Waals surface area contributed by atoms with Crippen molar-refractivity contribution >= 4 is 76.4 Å². The summed E-state index contributed by atoms with van der Waals surface area (Å²) in [5, 5.41) is 24.6. The van der Waals surface area contributed by atoms with E-state index in [4.69, 9.17) is 22.9 Å². The number of benzene rings is 2. The van der Waals surface area contributed by atoms with Gasteiger partial charge in [0.25, 0.3) is 0 Å². The van der Waals surface area contributed by atoms with E-state index in [0.29, 0.717) is 30.3 Å². The summed E-state index contributed by atoms with van der Waals surface area (Å²) in [5.74, 6) is -6.40. The lowest BCUT2D eigenvalue weighted by molar-refractivity contribution is -0.136. The molecule has 1 aliphatic heterocycles. The minimum atomic E-state index is -1.68. The number of nitrogens with one attached hydrogen (secondary N) is 10. The summed E-state index contributed by atoms with van der Waals surface area (Å²) in [4.78, 5) is 143. The van der Waals surface area contributed by atoms with Gasteiger partial charge in [-0.2, -0.15) is 0 Å². The standard InChI is InChI=1S/C50H73N15O10/c1-3-4-15-35(59-30(2)67)42(69)62-38-19-20-41(68)55-24-21-39(47(74)65-50(28-51,29-66)26-32-27-58-34-16-9-8-14-33(32)34)63-43(70)36(17-10-22-56-48(52)53)61-46(73)40(25-31-12-6-5-7-13-31)64-44(71)37(60-45(38)72)18-11-23-57-49(54)75/h5-9,12-14,16,27,29,35-40,58H,3-4,10-11,15,17-26,28,51H2,1-2H3,(H,55,68)(H,59,67)(H,60,72)(H,61,73)(H,62,69)(H,63,70)(H,64,71)(H,65,74)(H4,52,53,56)(H3,54,57,75)/t35-,36?,37-,38-,39-,40+,50+/m0/s1. The van der Waals surface area contributed by atoms with Crippen molar-refractivity contribution in [1.29, 1.82) is 0 Å². The van der Waals surface area contributed by atoms with Crippen LogP contribution in [0.5, 0.6) is 0 Å². The first-order valence-electron chi connectivity index (χ1n) is 25.1. The summed E-state index contributed by atoms with van der Waals surface area (Å²) in [6.45, 7) is 2.55. The van der Waals surface area contributed by atoms with Gasteiger partial charge in [-0.05, 0) is 62.1 Å². The number of nitrogens with two attached hydrogens (primary N) is 4. The maximum atomic E-state index is 14.6. The number of unbranched alkanes of at least 4 members (excludes halogenated alkanes) is 1. The van der Waals surface area contributed by atoms with E-state index in [-0.39, 0.29) is 96.3 Å². The summed E-state index contributed by atoms with van der Waals surface area (Å²) >= 11 is 0. The van der Waals surface area contributed by atoms with Crippen LogP contribution in [-0.2, 0) is 56.0 Å². The highest BCUT2D eigenvalue weighted by Gasteiger charge is 2.37. The summed E-state index contributed by atoms with van der Waals surface area (Å²) in [6, 6.07) is 6.89. The fourth-order valence-corrected chi connectivity index (χ4v) is 8.40. The third-order valence-electron chi connectivity index (χ3n) is 12.5. The molecule has 2 aromatic carbocycles. The second kappa shape index (κ2) is 30.2. The van der Waals surface area contributed by atoms with E-state index >= 15 is 0 Å². The van der Waals surface area contributed by atoms with E-state index in [0.717, 1.165) is 10.9 Å². The number of H-pyrrole nitrogens is 1. The minimum absolute atomic E-state index is 0.0127. The number of nitrogens with zero attached hydrogens (tertiary/aromatic N) is 1. The molecular formula is C50H73N15O10. The van der Waals surface area contributed by atoms with E-state index in [1.54, 1.807) is 36.5 Å². The summed E-state index contributed by atoms with van der Waals surface area (Å²) in [6.07, 6.45) is 2.54. The molecule has 0 spiro atoms. The third kappa shape index (κ3) is 19.7. The van der Waals surface area contributed by atoms with Crippen LogP contribution in [-0.4, -0.2) is 138 Å². The molecule has 408 valence electrons. The molecule has 0 aliphatic carbocycles. The molecule has 2 heterocycles. The van der Waals surface area contributed by atoms with E-state index < -0.39 is 95.1 Å². The monoisotopic (exact) mass is 1040 g/mol. The van der Waals surface area contributed by atoms with Gasteiger partial charge in [0, 0.05) is 69.5 Å². The molecule has 18 N–H and O–H groups in total. The lowest BCUT2D eigenvalue weighted by Crippen LogP contribution is -2.62. The normalized spacial score (nSPS) is 20.3. The molecular weight excluding hydrogens is 971 g/mol. The predicted octanol–water partition coefficient (Wildman–Crippen LogP) is -2.11. The van der Waals surface area contributed by atoms with Crippen molar-refractivity contribution in [2.24, 2.45) is 27.9 Å². The molecule has 1 saturated heterocycles. The number of aromatic amines is 1. The van der Waals surface area contributed by atoms with E-state index in [1.165, 1.54) is 6.92 Å². The first-order valence-corrected chi connectivity index (χ1v) is 25.1. The van der Waals surface area contributed by atoms with Crippen molar-refractivity contribution in [3.05, 3.63) is 71.9 Å². The van der Waals surface area contributed by atoms with Gasteiger partial charge in [-0.3, -0.25) is 43.3 Å². The Balaban J connectivity index is 1.78. The average molecular weight is 1040 g/mol. The smallest absolute Gasteiger partial charge is 0.312 e. The van der Waals surface area contributed by atoms with Gasteiger partial charge in [0.05, 0.1) is 0 Å². The highest BCUT2D eigenvalue weighted by Crippen LogP contribution is 2.22. The number of guanidine groups is 1. The predicted molar refractivity (Wildman–Crippen MR) is 279 cm³/mol. The molecule has 1 aliphatic rings. The third-order valence-corrected chi connectivity index (χ3v) is 12.5. The van der Waals surface area contributed by atoms with Crippen LogP contribution in [0, 0.1) is 0 Å². The van der Waals surface area contributed by atoms with Gasteiger partial charge >= 0.3 is 6.03 Å². The molecule has 10 amide bonds. The van der Waals surface area contributed by atoms with Gasteiger partial charge in [-0.15, -0.1) is 0 Å². The average Bonchev–Trinajstić information content (AvgIpc) is 3.78. The topological polar surface area (TPSA) is 411 Å². The number of amides is 10. The van der Waals surface area contributed by atoms with Crippen LogP contribution >= 0.6 is 0 Å². The van der Waals surface area contributed by atoms with E-state index in [9.17, 15) is 47.9 Å². The van der Waals surface area contributed by atoms with Gasteiger partial charge in [-0.1, -0.05) is 68.3 Å².